The van der Waals surface area contributed by atoms with Crippen LogP contribution in [0.1, 0.15) is 12.0 Å². The van der Waals surface area contributed by atoms with E-state index in [2.05, 4.69) is 53.1 Å². The molecule has 6 heteroatoms. The smallest absolute Gasteiger partial charge is 0.238 e. The maximum absolute atomic E-state index is 11.3. The normalized spacial score (nSPS) is 9.69. The highest BCUT2D eigenvalue weighted by Crippen LogP contribution is 2.37. The summed E-state index contributed by atoms with van der Waals surface area (Å²) in [6.45, 7) is 1.92. The van der Waals surface area contributed by atoms with Crippen molar-refractivity contribution >= 4 is 59.4 Å². The lowest BCUT2D eigenvalue weighted by atomic mass is 10.2. The van der Waals surface area contributed by atoms with Gasteiger partial charge in [-0.15, -0.1) is 0 Å². The number of amides is 1. The summed E-state index contributed by atoms with van der Waals surface area (Å²) in [6.07, 6.45) is -0.159. The van der Waals surface area contributed by atoms with Crippen molar-refractivity contribution in [1.82, 2.24) is 0 Å². The number of nitrogens with zero attached hydrogens (tertiary/aromatic N) is 1. The first kappa shape index (κ1) is 13.7. The summed E-state index contributed by atoms with van der Waals surface area (Å²) in [5.74, 6) is -0.328. The van der Waals surface area contributed by atoms with Crippen molar-refractivity contribution in [1.29, 1.82) is 5.26 Å². The zero-order valence-corrected chi connectivity index (χ0v) is 13.0. The van der Waals surface area contributed by atoms with Crippen LogP contribution >= 0.6 is 47.8 Å². The Hall–Kier alpha value is -0.380. The average molecular weight is 411 g/mol. The number of carbonyl (C=O) groups is 1. The van der Waals surface area contributed by atoms with Crippen LogP contribution in [0, 0.1) is 18.3 Å². The van der Waals surface area contributed by atoms with Crippen LogP contribution in [0.2, 0.25) is 0 Å². The van der Waals surface area contributed by atoms with Gasteiger partial charge in [-0.05, 0) is 50.4 Å². The number of rotatable bonds is 2. The summed E-state index contributed by atoms with van der Waals surface area (Å²) in [5, 5.41) is 11.1. The third-order valence-electron chi connectivity index (χ3n) is 1.90. The van der Waals surface area contributed by atoms with Crippen molar-refractivity contribution in [2.75, 3.05) is 5.32 Å². The summed E-state index contributed by atoms with van der Waals surface area (Å²) >= 11 is 10.2. The van der Waals surface area contributed by atoms with Gasteiger partial charge in [-0.2, -0.15) is 5.26 Å². The van der Waals surface area contributed by atoms with Crippen LogP contribution < -0.4 is 5.32 Å². The van der Waals surface area contributed by atoms with E-state index in [1.165, 1.54) is 0 Å². The SMILES string of the molecule is Cc1c(Br)cc(Br)c(NC(=O)CC#N)c1Br. The summed E-state index contributed by atoms with van der Waals surface area (Å²) < 4.78 is 2.48. The molecule has 0 aliphatic heterocycles. The van der Waals surface area contributed by atoms with Crippen LogP contribution in [-0.2, 0) is 4.79 Å². The van der Waals surface area contributed by atoms with Gasteiger partial charge in [0.05, 0.1) is 11.8 Å². The Labute approximate surface area is 119 Å². The molecule has 0 aliphatic rings. The van der Waals surface area contributed by atoms with E-state index in [9.17, 15) is 4.79 Å². The topological polar surface area (TPSA) is 52.9 Å². The highest BCUT2D eigenvalue weighted by atomic mass is 79.9. The molecule has 0 heterocycles. The van der Waals surface area contributed by atoms with Crippen LogP contribution in [-0.4, -0.2) is 5.91 Å². The van der Waals surface area contributed by atoms with E-state index in [1.54, 1.807) is 6.07 Å². The van der Waals surface area contributed by atoms with Crippen LogP contribution in [0.25, 0.3) is 0 Å². The van der Waals surface area contributed by atoms with Gasteiger partial charge in [0.15, 0.2) is 0 Å². The van der Waals surface area contributed by atoms with Crippen molar-refractivity contribution < 1.29 is 4.79 Å². The molecule has 3 nitrogen and oxygen atoms in total. The number of hydrogen-bond acceptors (Lipinski definition) is 2. The zero-order chi connectivity index (χ0) is 12.3. The minimum atomic E-state index is -0.328. The summed E-state index contributed by atoms with van der Waals surface area (Å²) in [5.41, 5.74) is 1.62. The molecule has 0 fully saturated rings. The third kappa shape index (κ3) is 3.06. The van der Waals surface area contributed by atoms with E-state index in [4.69, 9.17) is 5.26 Å². The second-order valence-electron chi connectivity index (χ2n) is 3.04. The van der Waals surface area contributed by atoms with Crippen molar-refractivity contribution in [2.24, 2.45) is 0 Å². The van der Waals surface area contributed by atoms with Gasteiger partial charge in [-0.1, -0.05) is 15.9 Å². The minimum Gasteiger partial charge on any atom is -0.323 e. The van der Waals surface area contributed by atoms with Crippen molar-refractivity contribution in [2.45, 2.75) is 13.3 Å². The monoisotopic (exact) mass is 408 g/mol. The molecule has 0 radical (unpaired) electrons. The van der Waals surface area contributed by atoms with Crippen LogP contribution in [0.4, 0.5) is 5.69 Å². The molecule has 0 spiro atoms. The first-order valence-corrected chi connectivity index (χ1v) is 6.66. The van der Waals surface area contributed by atoms with Gasteiger partial charge in [-0.3, -0.25) is 4.79 Å². The lowest BCUT2D eigenvalue weighted by Gasteiger charge is -2.12. The number of halogens is 3. The number of anilines is 1. The van der Waals surface area contributed by atoms with Crippen molar-refractivity contribution in [3.63, 3.8) is 0 Å². The molecule has 0 unspecified atom stereocenters. The van der Waals surface area contributed by atoms with E-state index >= 15 is 0 Å². The Balaban J connectivity index is 3.11. The molecule has 0 aliphatic carbocycles. The molecule has 16 heavy (non-hydrogen) atoms. The van der Waals surface area contributed by atoms with Crippen LogP contribution in [0.3, 0.4) is 0 Å². The molecule has 1 aromatic carbocycles. The molecule has 0 saturated carbocycles. The summed E-state index contributed by atoms with van der Waals surface area (Å²) in [4.78, 5) is 11.3. The highest BCUT2D eigenvalue weighted by molar-refractivity contribution is 9.11. The van der Waals surface area contributed by atoms with Gasteiger partial charge >= 0.3 is 0 Å². The molecule has 0 atom stereocenters. The van der Waals surface area contributed by atoms with Gasteiger partial charge in [-0.25, -0.2) is 0 Å². The standard InChI is InChI=1S/C10H7Br3N2O/c1-5-6(11)4-7(12)10(9(5)13)15-8(16)2-3-14/h4H,2H2,1H3,(H,15,16). The fourth-order valence-corrected chi connectivity index (χ4v) is 3.38. The number of carbonyl (C=O) groups excluding carboxylic acids is 1. The summed E-state index contributed by atoms with van der Waals surface area (Å²) in [6, 6.07) is 3.65. The van der Waals surface area contributed by atoms with Gasteiger partial charge in [0, 0.05) is 13.4 Å². The number of hydrogen-bond donors (Lipinski definition) is 1. The molecular formula is C10H7Br3N2O. The Morgan fingerprint density at radius 1 is 1.44 bits per heavy atom. The van der Waals surface area contributed by atoms with Gasteiger partial charge in [0.2, 0.25) is 5.91 Å². The van der Waals surface area contributed by atoms with Crippen LogP contribution in [0.15, 0.2) is 19.5 Å². The zero-order valence-electron chi connectivity index (χ0n) is 8.27. The minimum absolute atomic E-state index is 0.159. The molecule has 84 valence electrons. The molecule has 1 amide bonds. The second-order valence-corrected chi connectivity index (χ2v) is 5.54. The Bertz CT molecular complexity index is 480. The van der Waals surface area contributed by atoms with Gasteiger partial charge < -0.3 is 5.32 Å². The van der Waals surface area contributed by atoms with Crippen molar-refractivity contribution in [3.05, 3.63) is 25.0 Å². The average Bonchev–Trinajstić information content (AvgIpc) is 2.22. The molecule has 0 saturated heterocycles. The Morgan fingerprint density at radius 3 is 2.62 bits per heavy atom. The predicted octanol–water partition coefficient (Wildman–Crippen LogP) is 4.13. The van der Waals surface area contributed by atoms with Crippen LogP contribution in [0.5, 0.6) is 0 Å². The Kier molecular flexibility index (Phi) is 4.96. The molecule has 1 aromatic rings. The highest BCUT2D eigenvalue weighted by Gasteiger charge is 2.13. The van der Waals surface area contributed by atoms with Crippen molar-refractivity contribution in [3.8, 4) is 6.07 Å². The largest absolute Gasteiger partial charge is 0.323 e. The molecule has 1 N–H and O–H groups in total. The maximum Gasteiger partial charge on any atom is 0.238 e. The fraction of sp³-hybridized carbons (Fsp3) is 0.200. The molecule has 0 aromatic heterocycles. The fourth-order valence-electron chi connectivity index (χ4n) is 1.06. The van der Waals surface area contributed by atoms with Gasteiger partial charge in [0.1, 0.15) is 6.42 Å². The van der Waals surface area contributed by atoms with E-state index in [0.717, 1.165) is 19.0 Å². The Morgan fingerprint density at radius 2 is 2.06 bits per heavy atom. The summed E-state index contributed by atoms with van der Waals surface area (Å²) in [7, 11) is 0. The maximum atomic E-state index is 11.3. The van der Waals surface area contributed by atoms with E-state index < -0.39 is 0 Å². The lowest BCUT2D eigenvalue weighted by Crippen LogP contribution is -2.11. The molecular weight excluding hydrogens is 404 g/mol. The number of nitriles is 1. The number of nitrogens with one attached hydrogen (secondary N) is 1. The lowest BCUT2D eigenvalue weighted by molar-refractivity contribution is -0.115. The molecule has 1 rings (SSSR count). The van der Waals surface area contributed by atoms with E-state index in [0.29, 0.717) is 5.69 Å². The second kappa shape index (κ2) is 5.80. The van der Waals surface area contributed by atoms with Gasteiger partial charge in [0.25, 0.3) is 0 Å². The predicted molar refractivity (Wildman–Crippen MR) is 73.1 cm³/mol. The quantitative estimate of drug-likeness (QED) is 0.796. The van der Waals surface area contributed by atoms with E-state index in [-0.39, 0.29) is 12.3 Å². The van der Waals surface area contributed by atoms with E-state index in [1.807, 2.05) is 13.0 Å². The number of benzene rings is 1. The molecule has 0 bridgehead atoms. The first-order chi connectivity index (χ1) is 7.47. The third-order valence-corrected chi connectivity index (χ3v) is 4.34. The first-order valence-electron chi connectivity index (χ1n) is 4.28.